The maximum Gasteiger partial charge on any atom is 0.288 e. The predicted molar refractivity (Wildman–Crippen MR) is 55.8 cm³/mol. The van der Waals surface area contributed by atoms with Gasteiger partial charge in [-0.25, -0.2) is 0 Å². The van der Waals surface area contributed by atoms with E-state index in [-0.39, 0.29) is 10.7 Å². The summed E-state index contributed by atoms with van der Waals surface area (Å²) in [5.41, 5.74) is 0.200. The second kappa shape index (κ2) is 4.52. The maximum atomic E-state index is 10.5. The number of aldehydes is 1. The van der Waals surface area contributed by atoms with E-state index in [0.29, 0.717) is 11.8 Å². The molecular weight excluding hydrogens is 273 g/mol. The number of nitrogens with zero attached hydrogens (tertiary/aromatic N) is 1. The Bertz CT molecular complexity index is 383. The van der Waals surface area contributed by atoms with Crippen LogP contribution in [0.1, 0.15) is 10.4 Å². The van der Waals surface area contributed by atoms with E-state index in [0.717, 1.165) is 0 Å². The summed E-state index contributed by atoms with van der Waals surface area (Å²) in [7, 11) is 0. The van der Waals surface area contributed by atoms with Crippen molar-refractivity contribution in [3.8, 4) is 0 Å². The third kappa shape index (κ3) is 2.10. The Kier molecular flexibility index (Phi) is 3.60. The highest BCUT2D eigenvalue weighted by Crippen LogP contribution is 2.34. The van der Waals surface area contributed by atoms with Crippen LogP contribution >= 0.6 is 27.5 Å². The molecule has 0 aliphatic heterocycles. The van der Waals surface area contributed by atoms with Gasteiger partial charge in [-0.3, -0.25) is 10.1 Å². The van der Waals surface area contributed by atoms with E-state index in [1.54, 1.807) is 6.07 Å². The summed E-state index contributed by atoms with van der Waals surface area (Å²) in [5, 5.41) is 10.5. The first-order chi connectivity index (χ1) is 6.57. The molecule has 0 N–H and O–H groups in total. The van der Waals surface area contributed by atoms with Gasteiger partial charge in [-0.05, 0) is 5.56 Å². The van der Waals surface area contributed by atoms with Crippen molar-refractivity contribution in [1.29, 1.82) is 0 Å². The molecule has 0 amide bonds. The molecule has 1 unspecified atom stereocenters. The number of alkyl halides is 1. The van der Waals surface area contributed by atoms with E-state index in [9.17, 15) is 14.9 Å². The number of carbonyl (C=O) groups excluding carboxylic acids is 1. The number of nitro benzene ring substituents is 1. The van der Waals surface area contributed by atoms with Crippen molar-refractivity contribution in [1.82, 2.24) is 0 Å². The van der Waals surface area contributed by atoms with E-state index in [4.69, 9.17) is 11.6 Å². The number of carbonyl (C=O) groups is 1. The molecule has 1 aromatic rings. The Hall–Kier alpha value is -0.940. The third-order valence-electron chi connectivity index (χ3n) is 1.62. The van der Waals surface area contributed by atoms with Crippen molar-refractivity contribution >= 4 is 39.5 Å². The molecule has 0 saturated carbocycles. The first-order valence-electron chi connectivity index (χ1n) is 3.60. The van der Waals surface area contributed by atoms with Gasteiger partial charge in [0.15, 0.2) is 0 Å². The van der Waals surface area contributed by atoms with Crippen LogP contribution in [0.4, 0.5) is 5.69 Å². The molecule has 1 atom stereocenters. The Morgan fingerprint density at radius 2 is 2.21 bits per heavy atom. The topological polar surface area (TPSA) is 60.2 Å². The Balaban J connectivity index is 3.26. The van der Waals surface area contributed by atoms with Crippen LogP contribution in [0.3, 0.4) is 0 Å². The third-order valence-corrected chi connectivity index (χ3v) is 2.74. The van der Waals surface area contributed by atoms with Gasteiger partial charge < -0.3 is 4.79 Å². The highest BCUT2D eigenvalue weighted by Gasteiger charge is 2.19. The molecule has 0 spiro atoms. The van der Waals surface area contributed by atoms with Gasteiger partial charge >= 0.3 is 0 Å². The minimum Gasteiger partial charge on any atom is -0.302 e. The monoisotopic (exact) mass is 277 g/mol. The predicted octanol–water partition coefficient (Wildman–Crippen LogP) is 2.88. The zero-order valence-electron chi connectivity index (χ0n) is 6.81. The van der Waals surface area contributed by atoms with Gasteiger partial charge in [0.25, 0.3) is 5.69 Å². The molecule has 14 heavy (non-hydrogen) atoms. The van der Waals surface area contributed by atoms with Crippen molar-refractivity contribution < 1.29 is 9.72 Å². The Morgan fingerprint density at radius 1 is 1.57 bits per heavy atom. The quantitative estimate of drug-likeness (QED) is 0.370. The van der Waals surface area contributed by atoms with E-state index in [1.165, 1.54) is 12.1 Å². The highest BCUT2D eigenvalue weighted by atomic mass is 79.9. The lowest BCUT2D eigenvalue weighted by molar-refractivity contribution is -0.384. The summed E-state index contributed by atoms with van der Waals surface area (Å²) in [5.74, 6) is 0. The van der Waals surface area contributed by atoms with Crippen molar-refractivity contribution in [3.05, 3.63) is 38.9 Å². The minimum atomic E-state index is -0.616. The molecule has 0 saturated heterocycles. The van der Waals surface area contributed by atoms with Crippen LogP contribution < -0.4 is 0 Å². The van der Waals surface area contributed by atoms with E-state index >= 15 is 0 Å². The smallest absolute Gasteiger partial charge is 0.288 e. The van der Waals surface area contributed by atoms with Gasteiger partial charge in [-0.15, -0.1) is 0 Å². The standard InChI is InChI=1S/C8H5BrClNO3/c9-6(4-12)5-2-1-3-7(8(5)10)11(13)14/h1-4,6H. The molecular formula is C8H5BrClNO3. The van der Waals surface area contributed by atoms with Gasteiger partial charge in [-0.1, -0.05) is 39.7 Å². The van der Waals surface area contributed by atoms with Crippen LogP contribution in [0.2, 0.25) is 5.02 Å². The van der Waals surface area contributed by atoms with Crippen molar-refractivity contribution in [2.45, 2.75) is 4.83 Å². The molecule has 6 heteroatoms. The van der Waals surface area contributed by atoms with Gasteiger partial charge in [0.05, 0.1) is 9.75 Å². The molecule has 0 heterocycles. The molecule has 0 bridgehead atoms. The number of rotatable bonds is 3. The van der Waals surface area contributed by atoms with Gasteiger partial charge in [-0.2, -0.15) is 0 Å². The Morgan fingerprint density at radius 3 is 2.71 bits per heavy atom. The van der Waals surface area contributed by atoms with Crippen LogP contribution in [0.15, 0.2) is 18.2 Å². The van der Waals surface area contributed by atoms with E-state index in [2.05, 4.69) is 15.9 Å². The molecule has 0 aliphatic rings. The summed E-state index contributed by atoms with van der Waals surface area (Å²) in [6, 6.07) is 4.33. The number of nitro groups is 1. The molecule has 0 radical (unpaired) electrons. The fraction of sp³-hybridized carbons (Fsp3) is 0.125. The van der Waals surface area contributed by atoms with E-state index in [1.807, 2.05) is 0 Å². The van der Waals surface area contributed by atoms with Crippen LogP contribution in [0.5, 0.6) is 0 Å². The molecule has 0 aromatic heterocycles. The second-order valence-corrected chi connectivity index (χ2v) is 3.84. The zero-order valence-corrected chi connectivity index (χ0v) is 9.16. The number of hydrogen-bond acceptors (Lipinski definition) is 3. The largest absolute Gasteiger partial charge is 0.302 e. The fourth-order valence-electron chi connectivity index (χ4n) is 0.964. The molecule has 74 valence electrons. The van der Waals surface area contributed by atoms with Gasteiger partial charge in [0.2, 0.25) is 0 Å². The molecule has 4 nitrogen and oxygen atoms in total. The lowest BCUT2D eigenvalue weighted by atomic mass is 10.1. The summed E-state index contributed by atoms with van der Waals surface area (Å²) < 4.78 is 0. The van der Waals surface area contributed by atoms with E-state index < -0.39 is 9.75 Å². The minimum absolute atomic E-state index is 0.00789. The van der Waals surface area contributed by atoms with Crippen LogP contribution in [0.25, 0.3) is 0 Å². The van der Waals surface area contributed by atoms with Crippen molar-refractivity contribution in [2.24, 2.45) is 0 Å². The second-order valence-electron chi connectivity index (χ2n) is 2.48. The van der Waals surface area contributed by atoms with Crippen molar-refractivity contribution in [2.75, 3.05) is 0 Å². The number of halogens is 2. The lowest BCUT2D eigenvalue weighted by Crippen LogP contribution is -1.96. The summed E-state index contributed by atoms with van der Waals surface area (Å²) in [4.78, 5) is 19.8. The first-order valence-corrected chi connectivity index (χ1v) is 4.89. The molecule has 0 fully saturated rings. The van der Waals surface area contributed by atoms with Crippen LogP contribution in [-0.4, -0.2) is 11.2 Å². The number of benzene rings is 1. The Labute approximate surface area is 93.1 Å². The zero-order chi connectivity index (χ0) is 10.7. The average molecular weight is 278 g/mol. The summed E-state index contributed by atoms with van der Waals surface area (Å²) in [6.45, 7) is 0. The van der Waals surface area contributed by atoms with Crippen LogP contribution in [0, 0.1) is 10.1 Å². The lowest BCUT2D eigenvalue weighted by Gasteiger charge is -2.04. The highest BCUT2D eigenvalue weighted by molar-refractivity contribution is 9.09. The maximum absolute atomic E-state index is 10.5. The van der Waals surface area contributed by atoms with Gasteiger partial charge in [0.1, 0.15) is 11.3 Å². The first kappa shape index (κ1) is 11.1. The summed E-state index contributed by atoms with van der Waals surface area (Å²) >= 11 is 8.79. The van der Waals surface area contributed by atoms with Crippen LogP contribution in [-0.2, 0) is 4.79 Å². The number of hydrogen-bond donors (Lipinski definition) is 0. The average Bonchev–Trinajstić information content (AvgIpc) is 2.16. The van der Waals surface area contributed by atoms with Crippen molar-refractivity contribution in [3.63, 3.8) is 0 Å². The molecule has 1 rings (SSSR count). The normalized spacial score (nSPS) is 12.1. The molecule has 1 aromatic carbocycles. The molecule has 0 aliphatic carbocycles. The SMILES string of the molecule is O=CC(Br)c1cccc([N+](=O)[O-])c1Cl. The fourth-order valence-corrected chi connectivity index (χ4v) is 1.79. The summed E-state index contributed by atoms with van der Waals surface area (Å²) in [6.07, 6.45) is 0.616. The van der Waals surface area contributed by atoms with Gasteiger partial charge in [0, 0.05) is 6.07 Å².